The molecular formula is C12H21N3O2S. The van der Waals surface area contributed by atoms with Crippen LogP contribution >= 0.6 is 0 Å². The minimum absolute atomic E-state index is 0.510. The Kier molecular flexibility index (Phi) is 4.84. The molecule has 0 atom stereocenters. The smallest absolute Gasteiger partial charge is 0.209 e. The molecule has 6 heteroatoms. The van der Waals surface area contributed by atoms with E-state index in [0.29, 0.717) is 13.1 Å². The van der Waals surface area contributed by atoms with Crippen molar-refractivity contribution < 1.29 is 8.42 Å². The summed E-state index contributed by atoms with van der Waals surface area (Å²) in [4.78, 5) is 4.07. The van der Waals surface area contributed by atoms with Crippen molar-refractivity contribution in [3.8, 4) is 0 Å². The van der Waals surface area contributed by atoms with Gasteiger partial charge in [0.1, 0.15) is 0 Å². The fourth-order valence-corrected chi connectivity index (χ4v) is 2.81. The molecule has 0 unspecified atom stereocenters. The average Bonchev–Trinajstić information content (AvgIpc) is 2.17. The third-order valence-electron chi connectivity index (χ3n) is 2.49. The molecule has 1 rings (SSSR count). The Morgan fingerprint density at radius 3 is 2.61 bits per heavy atom. The van der Waals surface area contributed by atoms with Crippen LogP contribution in [0.15, 0.2) is 18.5 Å². The van der Waals surface area contributed by atoms with Gasteiger partial charge in [-0.25, -0.2) is 13.1 Å². The highest BCUT2D eigenvalue weighted by atomic mass is 32.2. The molecule has 1 aromatic rings. The number of pyridine rings is 1. The van der Waals surface area contributed by atoms with E-state index in [-0.39, 0.29) is 0 Å². The summed E-state index contributed by atoms with van der Waals surface area (Å²) in [6, 6.07) is 1.96. The fraction of sp³-hybridized carbons (Fsp3) is 0.583. The quantitative estimate of drug-likeness (QED) is 0.803. The standard InChI is InChI=1S/C12H21N3O2S/c1-10-5-6-13-7-11(10)8-14-9-12(2,3)15-18(4,16)17/h5-7,14-15H,8-9H2,1-4H3. The lowest BCUT2D eigenvalue weighted by atomic mass is 10.1. The maximum atomic E-state index is 11.2. The Balaban J connectivity index is 2.49. The van der Waals surface area contributed by atoms with Crippen LogP contribution < -0.4 is 10.0 Å². The average molecular weight is 271 g/mol. The predicted molar refractivity (Wildman–Crippen MR) is 72.7 cm³/mol. The van der Waals surface area contributed by atoms with Crippen molar-refractivity contribution in [2.45, 2.75) is 32.9 Å². The molecule has 0 aliphatic heterocycles. The van der Waals surface area contributed by atoms with Gasteiger partial charge in [0.15, 0.2) is 0 Å². The van der Waals surface area contributed by atoms with Gasteiger partial charge >= 0.3 is 0 Å². The second-order valence-electron chi connectivity index (χ2n) is 5.16. The number of aromatic nitrogens is 1. The predicted octanol–water partition coefficient (Wildman–Crippen LogP) is 0.807. The lowest BCUT2D eigenvalue weighted by Crippen LogP contribution is -2.49. The summed E-state index contributed by atoms with van der Waals surface area (Å²) >= 11 is 0. The lowest BCUT2D eigenvalue weighted by Gasteiger charge is -2.25. The van der Waals surface area contributed by atoms with Crippen LogP contribution in [0.1, 0.15) is 25.0 Å². The van der Waals surface area contributed by atoms with E-state index in [1.807, 2.05) is 33.0 Å². The molecule has 0 aliphatic carbocycles. The van der Waals surface area contributed by atoms with E-state index in [4.69, 9.17) is 0 Å². The summed E-state index contributed by atoms with van der Waals surface area (Å²) in [5.74, 6) is 0. The van der Waals surface area contributed by atoms with Crippen molar-refractivity contribution in [3.05, 3.63) is 29.6 Å². The van der Waals surface area contributed by atoms with E-state index in [9.17, 15) is 8.42 Å². The summed E-state index contributed by atoms with van der Waals surface area (Å²) in [6.45, 7) is 6.94. The first kappa shape index (κ1) is 15.1. The Morgan fingerprint density at radius 1 is 1.39 bits per heavy atom. The van der Waals surface area contributed by atoms with E-state index in [1.54, 1.807) is 6.20 Å². The van der Waals surface area contributed by atoms with Crippen LogP contribution in [-0.4, -0.2) is 31.7 Å². The van der Waals surface area contributed by atoms with Crippen molar-refractivity contribution in [1.29, 1.82) is 0 Å². The second-order valence-corrected chi connectivity index (χ2v) is 6.91. The van der Waals surface area contributed by atoms with Gasteiger partial charge < -0.3 is 5.32 Å². The molecule has 0 saturated heterocycles. The highest BCUT2D eigenvalue weighted by molar-refractivity contribution is 7.88. The topological polar surface area (TPSA) is 71.1 Å². The van der Waals surface area contributed by atoms with Crippen LogP contribution in [0.25, 0.3) is 0 Å². The first-order valence-corrected chi connectivity index (χ1v) is 7.68. The van der Waals surface area contributed by atoms with Crippen molar-refractivity contribution in [2.24, 2.45) is 0 Å². The van der Waals surface area contributed by atoms with Crippen molar-refractivity contribution in [3.63, 3.8) is 0 Å². The summed E-state index contributed by atoms with van der Waals surface area (Å²) in [5, 5.41) is 3.24. The van der Waals surface area contributed by atoms with Crippen LogP contribution in [0.2, 0.25) is 0 Å². The Bertz CT molecular complexity index is 498. The molecule has 102 valence electrons. The number of rotatable bonds is 6. The van der Waals surface area contributed by atoms with Crippen molar-refractivity contribution in [1.82, 2.24) is 15.0 Å². The Morgan fingerprint density at radius 2 is 2.06 bits per heavy atom. The summed E-state index contributed by atoms with van der Waals surface area (Å²) in [6.07, 6.45) is 4.74. The summed E-state index contributed by atoms with van der Waals surface area (Å²) in [7, 11) is -3.19. The molecule has 0 fully saturated rings. The van der Waals surface area contributed by atoms with Gasteiger partial charge in [-0.1, -0.05) is 0 Å². The first-order valence-electron chi connectivity index (χ1n) is 5.79. The van der Waals surface area contributed by atoms with Crippen LogP contribution in [0.5, 0.6) is 0 Å². The van der Waals surface area contributed by atoms with Gasteiger partial charge in [0.25, 0.3) is 0 Å². The van der Waals surface area contributed by atoms with Gasteiger partial charge in [0.2, 0.25) is 10.0 Å². The molecular weight excluding hydrogens is 250 g/mol. The molecule has 0 bridgehead atoms. The number of nitrogens with zero attached hydrogens (tertiary/aromatic N) is 1. The molecule has 0 aromatic carbocycles. The van der Waals surface area contributed by atoms with Gasteiger partial charge in [0, 0.05) is 31.0 Å². The molecule has 0 amide bonds. The van der Waals surface area contributed by atoms with Crippen molar-refractivity contribution in [2.75, 3.05) is 12.8 Å². The van der Waals surface area contributed by atoms with Gasteiger partial charge in [-0.05, 0) is 38.0 Å². The molecule has 0 spiro atoms. The van der Waals surface area contributed by atoms with Gasteiger partial charge in [-0.15, -0.1) is 0 Å². The SMILES string of the molecule is Cc1ccncc1CNCC(C)(C)NS(C)(=O)=O. The molecule has 1 aromatic heterocycles. The normalized spacial score (nSPS) is 12.7. The van der Waals surface area contributed by atoms with E-state index in [1.165, 1.54) is 11.8 Å². The maximum absolute atomic E-state index is 11.2. The summed E-state index contributed by atoms with van der Waals surface area (Å²) in [5.41, 5.74) is 1.78. The zero-order valence-electron chi connectivity index (χ0n) is 11.3. The third-order valence-corrected chi connectivity index (χ3v) is 3.41. The first-order chi connectivity index (χ1) is 8.20. The number of aryl methyl sites for hydroxylation is 1. The second kappa shape index (κ2) is 5.77. The molecule has 1 heterocycles. The minimum atomic E-state index is -3.19. The molecule has 5 nitrogen and oxygen atoms in total. The minimum Gasteiger partial charge on any atom is -0.311 e. The monoisotopic (exact) mass is 271 g/mol. The number of hydrogen-bond donors (Lipinski definition) is 2. The van der Waals surface area contributed by atoms with Crippen LogP contribution in [0.4, 0.5) is 0 Å². The van der Waals surface area contributed by atoms with Crippen LogP contribution in [0.3, 0.4) is 0 Å². The maximum Gasteiger partial charge on any atom is 0.209 e. The van der Waals surface area contributed by atoms with Gasteiger partial charge in [-0.3, -0.25) is 4.98 Å². The molecule has 18 heavy (non-hydrogen) atoms. The number of sulfonamides is 1. The van der Waals surface area contributed by atoms with E-state index < -0.39 is 15.6 Å². The summed E-state index contributed by atoms with van der Waals surface area (Å²) < 4.78 is 25.0. The van der Waals surface area contributed by atoms with Crippen LogP contribution in [0, 0.1) is 6.92 Å². The Labute approximate surface area is 109 Å². The molecule has 2 N–H and O–H groups in total. The molecule has 0 radical (unpaired) electrons. The fourth-order valence-electron chi connectivity index (χ4n) is 1.73. The van der Waals surface area contributed by atoms with E-state index in [0.717, 1.165) is 5.56 Å². The third kappa shape index (κ3) is 5.57. The lowest BCUT2D eigenvalue weighted by molar-refractivity contribution is 0.420. The Hall–Kier alpha value is -0.980. The number of nitrogens with one attached hydrogen (secondary N) is 2. The number of hydrogen-bond acceptors (Lipinski definition) is 4. The van der Waals surface area contributed by atoms with E-state index in [2.05, 4.69) is 15.0 Å². The van der Waals surface area contributed by atoms with E-state index >= 15 is 0 Å². The highest BCUT2D eigenvalue weighted by Gasteiger charge is 2.21. The zero-order valence-corrected chi connectivity index (χ0v) is 12.1. The highest BCUT2D eigenvalue weighted by Crippen LogP contribution is 2.06. The van der Waals surface area contributed by atoms with Crippen LogP contribution in [-0.2, 0) is 16.6 Å². The van der Waals surface area contributed by atoms with Gasteiger partial charge in [-0.2, -0.15) is 0 Å². The molecule has 0 saturated carbocycles. The zero-order chi connectivity index (χ0) is 13.8. The van der Waals surface area contributed by atoms with Gasteiger partial charge in [0.05, 0.1) is 6.26 Å². The van der Waals surface area contributed by atoms with Crippen molar-refractivity contribution >= 4 is 10.0 Å². The molecule has 0 aliphatic rings. The largest absolute Gasteiger partial charge is 0.311 e.